The van der Waals surface area contributed by atoms with E-state index < -0.39 is 0 Å². The number of aliphatic hydroxyl groups is 1. The molecule has 0 saturated heterocycles. The fraction of sp³-hybridized carbons (Fsp3) is 0.250. The minimum absolute atomic E-state index is 0.0363. The van der Waals surface area contributed by atoms with Crippen LogP contribution in [0.1, 0.15) is 18.1 Å². The fourth-order valence-electron chi connectivity index (χ4n) is 1.16. The first-order valence-electron chi connectivity index (χ1n) is 4.82. The molecule has 0 heterocycles. The van der Waals surface area contributed by atoms with Gasteiger partial charge in [0.25, 0.3) is 0 Å². The van der Waals surface area contributed by atoms with Crippen molar-refractivity contribution in [1.82, 2.24) is 0 Å². The Morgan fingerprint density at radius 1 is 1.56 bits per heavy atom. The van der Waals surface area contributed by atoms with Gasteiger partial charge in [0.15, 0.2) is 5.12 Å². The molecular formula is C12H13FO2S. The Bertz CT molecular complexity index is 402. The molecule has 0 bridgehead atoms. The van der Waals surface area contributed by atoms with E-state index in [0.29, 0.717) is 16.9 Å². The Labute approximate surface area is 98.2 Å². The van der Waals surface area contributed by atoms with Crippen molar-refractivity contribution in [2.45, 2.75) is 13.5 Å². The van der Waals surface area contributed by atoms with Crippen LogP contribution in [-0.2, 0) is 11.4 Å². The Hall–Kier alpha value is -1.13. The molecule has 1 aromatic carbocycles. The highest BCUT2D eigenvalue weighted by Crippen LogP contribution is 2.13. The molecule has 0 saturated carbocycles. The third-order valence-corrected chi connectivity index (χ3v) is 2.69. The molecule has 0 spiro atoms. The number of hydrogen-bond acceptors (Lipinski definition) is 3. The number of rotatable bonds is 4. The number of thioether (sulfide) groups is 1. The highest BCUT2D eigenvalue weighted by atomic mass is 32.2. The molecule has 0 radical (unpaired) electrons. The van der Waals surface area contributed by atoms with Gasteiger partial charge in [-0.3, -0.25) is 4.79 Å². The summed E-state index contributed by atoms with van der Waals surface area (Å²) in [7, 11) is 0. The van der Waals surface area contributed by atoms with Crippen LogP contribution in [0.15, 0.2) is 24.3 Å². The van der Waals surface area contributed by atoms with Crippen LogP contribution in [0.4, 0.5) is 4.39 Å². The largest absolute Gasteiger partial charge is 0.392 e. The van der Waals surface area contributed by atoms with Crippen LogP contribution in [0, 0.1) is 5.82 Å². The van der Waals surface area contributed by atoms with E-state index in [4.69, 9.17) is 5.11 Å². The SMILES string of the molecule is CC(=O)SCC=Cc1cc(CO)ccc1F. The standard InChI is InChI=1S/C12H13FO2S/c1-9(15)16-6-2-3-11-7-10(8-14)4-5-12(11)13/h2-5,7,14H,6,8H2,1H3. The van der Waals surface area contributed by atoms with Gasteiger partial charge in [0, 0.05) is 18.2 Å². The van der Waals surface area contributed by atoms with E-state index in [1.807, 2.05) is 0 Å². The number of carbonyl (C=O) groups excluding carboxylic acids is 1. The average molecular weight is 240 g/mol. The lowest BCUT2D eigenvalue weighted by molar-refractivity contribution is -0.109. The van der Waals surface area contributed by atoms with E-state index in [-0.39, 0.29) is 17.5 Å². The smallest absolute Gasteiger partial charge is 0.186 e. The number of halogens is 1. The van der Waals surface area contributed by atoms with Gasteiger partial charge in [-0.05, 0) is 17.7 Å². The summed E-state index contributed by atoms with van der Waals surface area (Å²) in [6, 6.07) is 4.45. The minimum Gasteiger partial charge on any atom is -0.392 e. The lowest BCUT2D eigenvalue weighted by atomic mass is 10.1. The molecule has 0 aliphatic rings. The summed E-state index contributed by atoms with van der Waals surface area (Å²) in [4.78, 5) is 10.6. The van der Waals surface area contributed by atoms with E-state index in [1.54, 1.807) is 18.2 Å². The zero-order valence-electron chi connectivity index (χ0n) is 8.94. The van der Waals surface area contributed by atoms with Crippen molar-refractivity contribution >= 4 is 23.0 Å². The fourth-order valence-corrected chi connectivity index (χ4v) is 1.59. The van der Waals surface area contributed by atoms with Gasteiger partial charge in [0.05, 0.1) is 6.61 Å². The van der Waals surface area contributed by atoms with Crippen LogP contribution in [0.5, 0.6) is 0 Å². The molecule has 0 amide bonds. The maximum atomic E-state index is 13.3. The van der Waals surface area contributed by atoms with Crippen molar-refractivity contribution in [2.24, 2.45) is 0 Å². The maximum Gasteiger partial charge on any atom is 0.186 e. The molecule has 1 N–H and O–H groups in total. The summed E-state index contributed by atoms with van der Waals surface area (Å²) in [5.41, 5.74) is 1.09. The molecule has 0 unspecified atom stereocenters. The van der Waals surface area contributed by atoms with Crippen molar-refractivity contribution in [1.29, 1.82) is 0 Å². The van der Waals surface area contributed by atoms with Gasteiger partial charge in [-0.2, -0.15) is 0 Å². The van der Waals surface area contributed by atoms with Crippen molar-refractivity contribution in [3.63, 3.8) is 0 Å². The molecule has 1 aromatic rings. The third kappa shape index (κ3) is 4.16. The first-order chi connectivity index (χ1) is 7.63. The minimum atomic E-state index is -0.332. The molecular weight excluding hydrogens is 227 g/mol. The lowest BCUT2D eigenvalue weighted by Crippen LogP contribution is -1.88. The summed E-state index contributed by atoms with van der Waals surface area (Å²) in [6.07, 6.45) is 3.34. The molecule has 1 rings (SSSR count). The Morgan fingerprint density at radius 3 is 2.94 bits per heavy atom. The van der Waals surface area contributed by atoms with Crippen LogP contribution >= 0.6 is 11.8 Å². The Balaban J connectivity index is 2.68. The molecule has 4 heteroatoms. The molecule has 16 heavy (non-hydrogen) atoms. The van der Waals surface area contributed by atoms with E-state index in [9.17, 15) is 9.18 Å². The van der Waals surface area contributed by atoms with Gasteiger partial charge in [-0.1, -0.05) is 30.0 Å². The quantitative estimate of drug-likeness (QED) is 0.879. The summed E-state index contributed by atoms with van der Waals surface area (Å²) < 4.78 is 13.3. The van der Waals surface area contributed by atoms with Gasteiger partial charge in [0.1, 0.15) is 5.82 Å². The van der Waals surface area contributed by atoms with Crippen LogP contribution in [0.25, 0.3) is 6.08 Å². The molecule has 0 aromatic heterocycles. The maximum absolute atomic E-state index is 13.3. The monoisotopic (exact) mass is 240 g/mol. The highest BCUT2D eigenvalue weighted by molar-refractivity contribution is 8.13. The number of carbonyl (C=O) groups is 1. The predicted molar refractivity (Wildman–Crippen MR) is 64.5 cm³/mol. The molecule has 86 valence electrons. The highest BCUT2D eigenvalue weighted by Gasteiger charge is 1.99. The lowest BCUT2D eigenvalue weighted by Gasteiger charge is -2.00. The Kier molecular flexibility index (Phi) is 5.22. The summed E-state index contributed by atoms with van der Waals surface area (Å²) in [5.74, 6) is 0.194. The predicted octanol–water partition coefficient (Wildman–Crippen LogP) is 2.61. The molecule has 0 fully saturated rings. The zero-order chi connectivity index (χ0) is 12.0. The second-order valence-corrected chi connectivity index (χ2v) is 4.42. The number of hydrogen-bond donors (Lipinski definition) is 1. The second-order valence-electron chi connectivity index (χ2n) is 3.22. The summed E-state index contributed by atoms with van der Waals surface area (Å²) in [5, 5.41) is 8.94. The van der Waals surface area contributed by atoms with Gasteiger partial charge < -0.3 is 5.11 Å². The molecule has 0 aliphatic heterocycles. The molecule has 0 atom stereocenters. The average Bonchev–Trinajstić information content (AvgIpc) is 2.26. The summed E-state index contributed by atoms with van der Waals surface area (Å²) >= 11 is 1.17. The second kappa shape index (κ2) is 6.45. The normalized spacial score (nSPS) is 10.9. The Morgan fingerprint density at radius 2 is 2.31 bits per heavy atom. The van der Waals surface area contributed by atoms with E-state index in [1.165, 1.54) is 30.8 Å². The topological polar surface area (TPSA) is 37.3 Å². The van der Waals surface area contributed by atoms with Gasteiger partial charge in [-0.15, -0.1) is 0 Å². The van der Waals surface area contributed by atoms with Crippen molar-refractivity contribution in [3.8, 4) is 0 Å². The van der Waals surface area contributed by atoms with Crippen LogP contribution in [0.2, 0.25) is 0 Å². The number of benzene rings is 1. The van der Waals surface area contributed by atoms with Crippen molar-refractivity contribution < 1.29 is 14.3 Å². The van der Waals surface area contributed by atoms with E-state index >= 15 is 0 Å². The number of aliphatic hydroxyl groups excluding tert-OH is 1. The van der Waals surface area contributed by atoms with Gasteiger partial charge >= 0.3 is 0 Å². The van der Waals surface area contributed by atoms with Gasteiger partial charge in [-0.25, -0.2) is 4.39 Å². The third-order valence-electron chi connectivity index (χ3n) is 1.92. The van der Waals surface area contributed by atoms with E-state index in [2.05, 4.69) is 0 Å². The van der Waals surface area contributed by atoms with Crippen molar-refractivity contribution in [2.75, 3.05) is 5.75 Å². The molecule has 2 nitrogen and oxygen atoms in total. The van der Waals surface area contributed by atoms with Crippen LogP contribution in [0.3, 0.4) is 0 Å². The van der Waals surface area contributed by atoms with Crippen molar-refractivity contribution in [3.05, 3.63) is 41.2 Å². The van der Waals surface area contributed by atoms with Crippen LogP contribution < -0.4 is 0 Å². The first-order valence-corrected chi connectivity index (χ1v) is 5.81. The van der Waals surface area contributed by atoms with Crippen LogP contribution in [-0.4, -0.2) is 16.0 Å². The molecule has 0 aliphatic carbocycles. The van der Waals surface area contributed by atoms with E-state index in [0.717, 1.165) is 0 Å². The first kappa shape index (κ1) is 12.9. The zero-order valence-corrected chi connectivity index (χ0v) is 9.76. The van der Waals surface area contributed by atoms with Gasteiger partial charge in [0.2, 0.25) is 0 Å². The summed E-state index contributed by atoms with van der Waals surface area (Å²) in [6.45, 7) is 1.38.